The molecule has 1 amide bonds. The minimum Gasteiger partial charge on any atom is -0.335 e. The van der Waals surface area contributed by atoms with Crippen molar-refractivity contribution in [3.05, 3.63) is 40.0 Å². The summed E-state index contributed by atoms with van der Waals surface area (Å²) in [5.41, 5.74) is -2.62. The SMILES string of the molecule is C#CC(C)(CC)NC(=O)c1nn2c(C(F)(F)F)cc(-c3cccs3)nc2c1Cl. The lowest BCUT2D eigenvalue weighted by Gasteiger charge is -2.22. The Kier molecular flexibility index (Phi) is 5.12. The Morgan fingerprint density at radius 3 is 2.71 bits per heavy atom. The van der Waals surface area contributed by atoms with Crippen molar-refractivity contribution >= 4 is 34.5 Å². The number of hydrogen-bond donors (Lipinski definition) is 1. The van der Waals surface area contributed by atoms with Crippen molar-refractivity contribution in [2.24, 2.45) is 0 Å². The fourth-order valence-corrected chi connectivity index (χ4v) is 3.36. The molecule has 0 radical (unpaired) electrons. The van der Waals surface area contributed by atoms with Crippen LogP contribution in [0.2, 0.25) is 5.02 Å². The molecule has 0 aliphatic carbocycles. The summed E-state index contributed by atoms with van der Waals surface area (Å²) in [7, 11) is 0. The second kappa shape index (κ2) is 7.11. The summed E-state index contributed by atoms with van der Waals surface area (Å²) in [4.78, 5) is 17.3. The fourth-order valence-electron chi connectivity index (χ4n) is 2.43. The molecule has 1 unspecified atom stereocenters. The van der Waals surface area contributed by atoms with Gasteiger partial charge in [0.25, 0.3) is 5.91 Å². The standard InChI is InChI=1S/C18H14ClF3N4OS/c1-4-17(3,5-2)24-16(27)14-13(19)15-23-10(11-7-6-8-28-11)9-12(18(20,21)22)26(15)25-14/h1,6-9H,5H2,2-3H3,(H,24,27). The molecule has 146 valence electrons. The van der Waals surface area contributed by atoms with Gasteiger partial charge in [0, 0.05) is 0 Å². The molecular weight excluding hydrogens is 413 g/mol. The summed E-state index contributed by atoms with van der Waals surface area (Å²) in [5.74, 6) is 1.67. The number of halogens is 4. The van der Waals surface area contributed by atoms with Crippen molar-refractivity contribution in [2.75, 3.05) is 0 Å². The summed E-state index contributed by atoms with van der Waals surface area (Å²) < 4.78 is 41.4. The van der Waals surface area contributed by atoms with Gasteiger partial charge < -0.3 is 5.32 Å². The van der Waals surface area contributed by atoms with Crippen molar-refractivity contribution < 1.29 is 18.0 Å². The van der Waals surface area contributed by atoms with Gasteiger partial charge in [0.05, 0.1) is 16.1 Å². The van der Waals surface area contributed by atoms with Crippen LogP contribution in [-0.4, -0.2) is 26.0 Å². The van der Waals surface area contributed by atoms with E-state index in [1.54, 1.807) is 31.4 Å². The van der Waals surface area contributed by atoms with E-state index in [0.29, 0.717) is 15.8 Å². The third-order valence-electron chi connectivity index (χ3n) is 4.23. The molecule has 3 aromatic rings. The number of alkyl halides is 3. The van der Waals surface area contributed by atoms with Crippen LogP contribution in [0.3, 0.4) is 0 Å². The lowest BCUT2D eigenvalue weighted by atomic mass is 10.0. The highest BCUT2D eigenvalue weighted by Gasteiger charge is 2.37. The molecule has 3 heterocycles. The van der Waals surface area contributed by atoms with Crippen LogP contribution in [0.15, 0.2) is 23.6 Å². The summed E-state index contributed by atoms with van der Waals surface area (Å²) in [6.45, 7) is 3.38. The maximum atomic E-state index is 13.6. The van der Waals surface area contributed by atoms with Crippen LogP contribution in [0.1, 0.15) is 36.5 Å². The molecule has 0 bridgehead atoms. The number of terminal acetylenes is 1. The molecule has 10 heteroatoms. The van der Waals surface area contributed by atoms with Gasteiger partial charge >= 0.3 is 6.18 Å². The molecule has 3 rings (SSSR count). The fraction of sp³-hybridized carbons (Fsp3) is 0.278. The number of thiophene rings is 1. The van der Waals surface area contributed by atoms with Crippen LogP contribution >= 0.6 is 22.9 Å². The van der Waals surface area contributed by atoms with E-state index in [1.165, 1.54) is 11.3 Å². The first-order valence-corrected chi connectivity index (χ1v) is 9.36. The van der Waals surface area contributed by atoms with E-state index in [9.17, 15) is 18.0 Å². The van der Waals surface area contributed by atoms with Crippen molar-refractivity contribution in [1.29, 1.82) is 0 Å². The van der Waals surface area contributed by atoms with Crippen LogP contribution in [0, 0.1) is 12.3 Å². The minimum absolute atomic E-state index is 0.0885. The summed E-state index contributed by atoms with van der Waals surface area (Å²) in [5, 5.41) is 7.79. The number of amides is 1. The lowest BCUT2D eigenvalue weighted by molar-refractivity contribution is -0.142. The highest BCUT2D eigenvalue weighted by molar-refractivity contribution is 7.13. The van der Waals surface area contributed by atoms with Gasteiger partial charge in [-0.25, -0.2) is 9.50 Å². The minimum atomic E-state index is -4.73. The van der Waals surface area contributed by atoms with Crippen LogP contribution in [0.4, 0.5) is 13.2 Å². The van der Waals surface area contributed by atoms with Crippen LogP contribution in [0.25, 0.3) is 16.2 Å². The molecule has 5 nitrogen and oxygen atoms in total. The van der Waals surface area contributed by atoms with Crippen molar-refractivity contribution in [1.82, 2.24) is 19.9 Å². The number of nitrogens with zero attached hydrogens (tertiary/aromatic N) is 3. The zero-order valence-corrected chi connectivity index (χ0v) is 16.3. The predicted molar refractivity (Wildman–Crippen MR) is 101 cm³/mol. The van der Waals surface area contributed by atoms with Crippen molar-refractivity contribution in [3.8, 4) is 22.9 Å². The molecular formula is C18H14ClF3N4OS. The van der Waals surface area contributed by atoms with E-state index in [2.05, 4.69) is 21.3 Å². The van der Waals surface area contributed by atoms with E-state index in [-0.39, 0.29) is 22.1 Å². The molecule has 28 heavy (non-hydrogen) atoms. The second-order valence-corrected chi connectivity index (χ2v) is 7.51. The Morgan fingerprint density at radius 1 is 1.46 bits per heavy atom. The topological polar surface area (TPSA) is 59.3 Å². The van der Waals surface area contributed by atoms with Crippen LogP contribution < -0.4 is 5.32 Å². The number of carbonyl (C=O) groups is 1. The normalized spacial score (nSPS) is 13.9. The average molecular weight is 427 g/mol. The van der Waals surface area contributed by atoms with Gasteiger partial charge in [0.15, 0.2) is 17.0 Å². The Bertz CT molecular complexity index is 1090. The van der Waals surface area contributed by atoms with E-state index in [4.69, 9.17) is 18.0 Å². The largest absolute Gasteiger partial charge is 0.433 e. The predicted octanol–water partition coefficient (Wildman–Crippen LogP) is 4.66. The maximum Gasteiger partial charge on any atom is 0.433 e. The number of aromatic nitrogens is 3. The quantitative estimate of drug-likeness (QED) is 0.617. The summed E-state index contributed by atoms with van der Waals surface area (Å²) >= 11 is 7.43. The summed E-state index contributed by atoms with van der Waals surface area (Å²) in [6.07, 6.45) is 1.11. The van der Waals surface area contributed by atoms with Gasteiger partial charge in [-0.1, -0.05) is 30.5 Å². The Morgan fingerprint density at radius 2 is 2.18 bits per heavy atom. The van der Waals surface area contributed by atoms with Crippen LogP contribution in [0.5, 0.6) is 0 Å². The average Bonchev–Trinajstić information content (AvgIpc) is 3.28. The molecule has 0 saturated carbocycles. The first kappa shape index (κ1) is 20.2. The second-order valence-electron chi connectivity index (χ2n) is 6.18. The highest BCUT2D eigenvalue weighted by Crippen LogP contribution is 2.35. The van der Waals surface area contributed by atoms with Crippen molar-refractivity contribution in [2.45, 2.75) is 32.0 Å². The zero-order valence-electron chi connectivity index (χ0n) is 14.8. The number of fused-ring (bicyclic) bond motifs is 1. The molecule has 0 saturated heterocycles. The van der Waals surface area contributed by atoms with Crippen LogP contribution in [-0.2, 0) is 6.18 Å². The van der Waals surface area contributed by atoms with E-state index < -0.39 is 23.3 Å². The van der Waals surface area contributed by atoms with Gasteiger partial charge in [0.2, 0.25) is 0 Å². The monoisotopic (exact) mass is 426 g/mol. The smallest absolute Gasteiger partial charge is 0.335 e. The number of carbonyl (C=O) groups excluding carboxylic acids is 1. The molecule has 3 aromatic heterocycles. The lowest BCUT2D eigenvalue weighted by Crippen LogP contribution is -2.44. The first-order chi connectivity index (χ1) is 13.1. The molecule has 0 aliphatic rings. The third kappa shape index (κ3) is 3.57. The Balaban J connectivity index is 2.19. The van der Waals surface area contributed by atoms with Gasteiger partial charge in [-0.05, 0) is 30.9 Å². The number of rotatable bonds is 4. The third-order valence-corrected chi connectivity index (χ3v) is 5.47. The Labute approximate surface area is 167 Å². The molecule has 0 spiro atoms. The van der Waals surface area contributed by atoms with E-state index >= 15 is 0 Å². The highest BCUT2D eigenvalue weighted by atomic mass is 35.5. The number of nitrogens with one attached hydrogen (secondary N) is 1. The molecule has 0 aromatic carbocycles. The zero-order chi connectivity index (χ0) is 20.7. The van der Waals surface area contributed by atoms with E-state index in [1.807, 2.05) is 0 Å². The van der Waals surface area contributed by atoms with Crippen molar-refractivity contribution in [3.63, 3.8) is 0 Å². The molecule has 0 fully saturated rings. The molecule has 1 N–H and O–H groups in total. The van der Waals surface area contributed by atoms with Gasteiger partial charge in [-0.3, -0.25) is 4.79 Å². The van der Waals surface area contributed by atoms with Gasteiger partial charge in [-0.15, -0.1) is 17.8 Å². The van der Waals surface area contributed by atoms with Gasteiger partial charge in [0.1, 0.15) is 5.02 Å². The maximum absolute atomic E-state index is 13.6. The van der Waals surface area contributed by atoms with E-state index in [0.717, 1.165) is 6.07 Å². The Hall–Kier alpha value is -2.57. The molecule has 1 atom stereocenters. The number of hydrogen-bond acceptors (Lipinski definition) is 4. The molecule has 0 aliphatic heterocycles. The summed E-state index contributed by atoms with van der Waals surface area (Å²) in [6, 6.07) is 4.21. The van der Waals surface area contributed by atoms with Gasteiger partial charge in [-0.2, -0.15) is 18.3 Å². The first-order valence-electron chi connectivity index (χ1n) is 8.10.